The first kappa shape index (κ1) is 26.2. The van der Waals surface area contributed by atoms with Crippen LogP contribution in [0.25, 0.3) is 0 Å². The Morgan fingerprint density at radius 1 is 1.10 bits per heavy atom. The molecule has 0 radical (unpaired) electrons. The molecule has 0 saturated carbocycles. The number of rotatable bonds is 8. The average Bonchev–Trinajstić information content (AvgIpc) is 2.65. The number of benzene rings is 2. The van der Waals surface area contributed by atoms with E-state index in [-0.39, 0.29) is 30.1 Å². The molecule has 8 heteroatoms. The Kier molecular flexibility index (Phi) is 10.6. The van der Waals surface area contributed by atoms with Gasteiger partial charge in [-0.3, -0.25) is 0 Å². The normalized spacial score (nSPS) is 12.6. The Balaban J connectivity index is 0.00000450. The van der Waals surface area contributed by atoms with Crippen molar-refractivity contribution in [3.8, 4) is 5.75 Å². The largest absolute Gasteiger partial charge is 0.489 e. The van der Waals surface area contributed by atoms with Gasteiger partial charge in [0.2, 0.25) is 0 Å². The lowest BCUT2D eigenvalue weighted by Crippen LogP contribution is -2.41. The molecule has 2 aromatic rings. The highest BCUT2D eigenvalue weighted by Gasteiger charge is 2.11. The Bertz CT molecular complexity index is 962. The van der Waals surface area contributed by atoms with E-state index in [9.17, 15) is 8.42 Å². The van der Waals surface area contributed by atoms with Crippen molar-refractivity contribution in [3.05, 3.63) is 59.2 Å². The molecule has 2 N–H and O–H groups in total. The maximum atomic E-state index is 11.8. The second-order valence-corrected chi connectivity index (χ2v) is 9.13. The van der Waals surface area contributed by atoms with E-state index in [0.717, 1.165) is 29.0 Å². The summed E-state index contributed by atoms with van der Waals surface area (Å²) in [7, 11) is -3.21. The molecule has 0 amide bonds. The summed E-state index contributed by atoms with van der Waals surface area (Å²) in [5.41, 5.74) is 2.79. The van der Waals surface area contributed by atoms with Crippen LogP contribution in [0.3, 0.4) is 0 Å². The van der Waals surface area contributed by atoms with Gasteiger partial charge in [0.05, 0.1) is 18.0 Å². The summed E-state index contributed by atoms with van der Waals surface area (Å²) in [6.07, 6.45) is 1.19. The zero-order valence-corrected chi connectivity index (χ0v) is 21.4. The zero-order chi connectivity index (χ0) is 21.4. The fourth-order valence-corrected chi connectivity index (χ4v) is 3.88. The van der Waals surface area contributed by atoms with Gasteiger partial charge < -0.3 is 15.4 Å². The molecule has 2 aromatic carbocycles. The van der Waals surface area contributed by atoms with Crippen LogP contribution < -0.4 is 15.4 Å². The summed E-state index contributed by atoms with van der Waals surface area (Å²) in [6, 6.07) is 13.3. The van der Waals surface area contributed by atoms with Crippen molar-refractivity contribution in [1.82, 2.24) is 10.6 Å². The minimum atomic E-state index is -3.21. The number of halogens is 1. The Morgan fingerprint density at radius 2 is 1.80 bits per heavy atom. The van der Waals surface area contributed by atoms with Crippen LogP contribution in [-0.2, 0) is 16.4 Å². The molecule has 6 nitrogen and oxygen atoms in total. The number of aliphatic imine (C=N–C) groups is 1. The molecule has 0 spiro atoms. The van der Waals surface area contributed by atoms with E-state index in [4.69, 9.17) is 4.74 Å². The van der Waals surface area contributed by atoms with E-state index in [1.165, 1.54) is 6.26 Å². The molecule has 1 unspecified atom stereocenters. The second kappa shape index (κ2) is 12.1. The topological polar surface area (TPSA) is 79.8 Å². The summed E-state index contributed by atoms with van der Waals surface area (Å²) in [4.78, 5) is 4.96. The van der Waals surface area contributed by atoms with E-state index in [1.54, 1.807) is 19.1 Å². The third kappa shape index (κ3) is 8.14. The first-order chi connectivity index (χ1) is 13.7. The van der Waals surface area contributed by atoms with Crippen LogP contribution in [0.1, 0.15) is 30.5 Å². The third-order valence-corrected chi connectivity index (χ3v) is 5.64. The van der Waals surface area contributed by atoms with Crippen molar-refractivity contribution in [2.24, 2.45) is 4.99 Å². The van der Waals surface area contributed by atoms with E-state index in [0.29, 0.717) is 23.9 Å². The number of nitrogens with zero attached hydrogens (tertiary/aromatic N) is 1. The molecule has 0 heterocycles. The quantitative estimate of drug-likeness (QED) is 0.300. The highest BCUT2D eigenvalue weighted by Crippen LogP contribution is 2.18. The molecular weight excluding hydrogens is 513 g/mol. The van der Waals surface area contributed by atoms with E-state index < -0.39 is 9.84 Å². The molecule has 0 fully saturated rings. The van der Waals surface area contributed by atoms with Gasteiger partial charge in [0.1, 0.15) is 11.9 Å². The van der Waals surface area contributed by atoms with Crippen LogP contribution >= 0.6 is 24.0 Å². The number of para-hydroxylation sites is 1. The molecule has 0 bridgehead atoms. The van der Waals surface area contributed by atoms with Crippen molar-refractivity contribution in [3.63, 3.8) is 0 Å². The number of guanidine groups is 1. The van der Waals surface area contributed by atoms with Crippen LogP contribution in [0, 0.1) is 13.8 Å². The molecule has 0 saturated heterocycles. The highest BCUT2D eigenvalue weighted by molar-refractivity contribution is 14.0. The van der Waals surface area contributed by atoms with Crippen LogP contribution in [0.5, 0.6) is 5.75 Å². The van der Waals surface area contributed by atoms with Crippen molar-refractivity contribution in [2.45, 2.75) is 45.2 Å². The van der Waals surface area contributed by atoms with Gasteiger partial charge in [-0.05, 0) is 56.5 Å². The molecule has 0 aliphatic rings. The van der Waals surface area contributed by atoms with Gasteiger partial charge in [-0.15, -0.1) is 24.0 Å². The van der Waals surface area contributed by atoms with Gasteiger partial charge in [0.25, 0.3) is 0 Å². The summed E-state index contributed by atoms with van der Waals surface area (Å²) in [6.45, 7) is 9.64. The number of sulfone groups is 1. The smallest absolute Gasteiger partial charge is 0.191 e. The molecular formula is C22H32IN3O3S. The van der Waals surface area contributed by atoms with Gasteiger partial charge in [-0.1, -0.05) is 30.3 Å². The van der Waals surface area contributed by atoms with E-state index >= 15 is 0 Å². The molecule has 1 atom stereocenters. The Morgan fingerprint density at radius 3 is 2.40 bits per heavy atom. The Labute approximate surface area is 197 Å². The lowest BCUT2D eigenvalue weighted by Gasteiger charge is -2.18. The predicted molar refractivity (Wildman–Crippen MR) is 134 cm³/mol. The minimum Gasteiger partial charge on any atom is -0.489 e. The van der Waals surface area contributed by atoms with Crippen molar-refractivity contribution < 1.29 is 13.2 Å². The fraction of sp³-hybridized carbons (Fsp3) is 0.409. The minimum absolute atomic E-state index is 0. The SMILES string of the molecule is CCNC(=NCc1ccc(S(C)(=O)=O)c(C)c1)NCC(C)Oc1ccccc1C.I. The van der Waals surface area contributed by atoms with Crippen molar-refractivity contribution in [2.75, 3.05) is 19.3 Å². The first-order valence-electron chi connectivity index (χ1n) is 9.74. The van der Waals surface area contributed by atoms with Gasteiger partial charge in [0.15, 0.2) is 15.8 Å². The summed E-state index contributed by atoms with van der Waals surface area (Å²) >= 11 is 0. The van der Waals surface area contributed by atoms with Crippen molar-refractivity contribution in [1.29, 1.82) is 0 Å². The average molecular weight is 545 g/mol. The molecule has 30 heavy (non-hydrogen) atoms. The lowest BCUT2D eigenvalue weighted by molar-refractivity contribution is 0.222. The lowest BCUT2D eigenvalue weighted by atomic mass is 10.1. The fourth-order valence-electron chi connectivity index (χ4n) is 2.93. The monoisotopic (exact) mass is 545 g/mol. The van der Waals surface area contributed by atoms with Crippen LogP contribution in [0.2, 0.25) is 0 Å². The second-order valence-electron chi connectivity index (χ2n) is 7.14. The number of nitrogens with one attached hydrogen (secondary N) is 2. The van der Waals surface area contributed by atoms with Crippen LogP contribution in [0.4, 0.5) is 0 Å². The van der Waals surface area contributed by atoms with Gasteiger partial charge in [-0.2, -0.15) is 0 Å². The maximum Gasteiger partial charge on any atom is 0.191 e. The van der Waals surface area contributed by atoms with Crippen LogP contribution in [0.15, 0.2) is 52.4 Å². The molecule has 166 valence electrons. The van der Waals surface area contributed by atoms with Crippen molar-refractivity contribution >= 4 is 39.8 Å². The number of hydrogen-bond donors (Lipinski definition) is 2. The third-order valence-electron chi connectivity index (χ3n) is 4.38. The molecule has 0 aromatic heterocycles. The van der Waals surface area contributed by atoms with E-state index in [2.05, 4.69) is 15.6 Å². The Hall–Kier alpha value is -1.81. The summed E-state index contributed by atoms with van der Waals surface area (Å²) in [5.74, 6) is 1.57. The standard InChI is InChI=1S/C22H31N3O3S.HI/c1-6-23-22(24-14-18(4)28-20-10-8-7-9-16(20)2)25-15-19-11-12-21(17(3)13-19)29(5,26)27;/h7-13,18H,6,14-15H2,1-5H3,(H2,23,24,25);1H. The zero-order valence-electron chi connectivity index (χ0n) is 18.2. The summed E-state index contributed by atoms with van der Waals surface area (Å²) < 4.78 is 29.5. The number of aryl methyl sites for hydroxylation is 2. The van der Waals surface area contributed by atoms with E-state index in [1.807, 2.05) is 51.1 Å². The number of hydrogen-bond acceptors (Lipinski definition) is 4. The number of ether oxygens (including phenoxy) is 1. The molecule has 0 aliphatic carbocycles. The predicted octanol–water partition coefficient (Wildman–Crippen LogP) is 3.85. The maximum absolute atomic E-state index is 11.8. The summed E-state index contributed by atoms with van der Waals surface area (Å²) in [5, 5.41) is 6.52. The van der Waals surface area contributed by atoms with Crippen LogP contribution in [-0.4, -0.2) is 39.8 Å². The van der Waals surface area contributed by atoms with Gasteiger partial charge in [0, 0.05) is 12.8 Å². The first-order valence-corrected chi connectivity index (χ1v) is 11.6. The molecule has 2 rings (SSSR count). The molecule has 0 aliphatic heterocycles. The highest BCUT2D eigenvalue weighted by atomic mass is 127. The van der Waals surface area contributed by atoms with Gasteiger partial charge in [-0.25, -0.2) is 13.4 Å². The van der Waals surface area contributed by atoms with Gasteiger partial charge >= 0.3 is 0 Å².